The highest BCUT2D eigenvalue weighted by Gasteiger charge is 2.54. The SMILES string of the molecule is CCC(CNC(=O)OC(C)(C)C)ON=C(C(=O)NC1C(=O)N2C(C(=O)O)=C(C[n+]3ccc(CCC(N)=O)cc3)CS[C@H]12)c1csc(N)n1. The van der Waals surface area contributed by atoms with E-state index in [4.69, 9.17) is 21.0 Å². The van der Waals surface area contributed by atoms with E-state index in [1.54, 1.807) is 44.7 Å². The second-order valence-electron chi connectivity index (χ2n) is 12.0. The van der Waals surface area contributed by atoms with Gasteiger partial charge in [0.25, 0.3) is 11.8 Å². The molecule has 48 heavy (non-hydrogen) atoms. The summed E-state index contributed by atoms with van der Waals surface area (Å²) in [6.07, 6.45) is 3.41. The highest BCUT2D eigenvalue weighted by molar-refractivity contribution is 8.00. The number of carboxylic acids is 1. The number of nitrogens with one attached hydrogen (secondary N) is 2. The lowest BCUT2D eigenvalue weighted by atomic mass is 10.0. The molecule has 18 heteroatoms. The Hall–Kier alpha value is -4.71. The standard InChI is InChI=1S/C30H38N8O8S2/c1-5-18(12-33-29(44)45-30(2,3)4)46-36-21(19-15-48-28(32)34-19)24(40)35-22-25(41)38-23(27(42)43)17(14-47-26(22)38)13-37-10-8-16(9-11-37)6-7-20(31)39/h8-11,15,18,22,26H,5-7,12-14H2,1-4H3,(H6-,31,32,33,34,35,39,40,42,43,44)/p+1/t18?,22?,26-/m1/s1. The number of oxime groups is 1. The van der Waals surface area contributed by atoms with Gasteiger partial charge in [-0.2, -0.15) is 0 Å². The lowest BCUT2D eigenvalue weighted by Gasteiger charge is -2.49. The van der Waals surface area contributed by atoms with Gasteiger partial charge in [0.15, 0.2) is 29.8 Å². The molecule has 0 aromatic carbocycles. The van der Waals surface area contributed by atoms with Crippen molar-refractivity contribution in [3.63, 3.8) is 0 Å². The predicted octanol–water partition coefficient (Wildman–Crippen LogP) is 0.894. The number of β-lactam (4-membered cyclic amide) rings is 1. The van der Waals surface area contributed by atoms with Gasteiger partial charge < -0.3 is 36.8 Å². The Bertz CT molecular complexity index is 1620. The Labute approximate surface area is 284 Å². The topological polar surface area (TPSA) is 233 Å². The molecule has 4 heterocycles. The first-order chi connectivity index (χ1) is 22.7. The van der Waals surface area contributed by atoms with Crippen LogP contribution < -0.4 is 26.7 Å². The van der Waals surface area contributed by atoms with Crippen molar-refractivity contribution in [1.29, 1.82) is 0 Å². The number of aliphatic carboxylic acids is 1. The number of nitrogen functional groups attached to an aromatic ring is 1. The van der Waals surface area contributed by atoms with E-state index in [1.807, 2.05) is 12.1 Å². The number of hydrogen-bond acceptors (Lipinski definition) is 12. The number of anilines is 1. The van der Waals surface area contributed by atoms with Crippen LogP contribution in [0.2, 0.25) is 0 Å². The van der Waals surface area contributed by atoms with Gasteiger partial charge in [0, 0.05) is 35.3 Å². The van der Waals surface area contributed by atoms with Crippen LogP contribution in [0.1, 0.15) is 51.8 Å². The van der Waals surface area contributed by atoms with Crippen LogP contribution in [0.15, 0.2) is 46.3 Å². The maximum absolute atomic E-state index is 13.5. The molecule has 2 aromatic heterocycles. The van der Waals surface area contributed by atoms with Crippen LogP contribution in [0, 0.1) is 0 Å². The number of carboxylic acid groups (broad SMARTS) is 1. The third-order valence-electron chi connectivity index (χ3n) is 7.13. The number of carbonyl (C=O) groups is 5. The van der Waals surface area contributed by atoms with Gasteiger partial charge in [-0.25, -0.2) is 19.1 Å². The molecule has 3 atom stereocenters. The second kappa shape index (κ2) is 15.5. The predicted molar refractivity (Wildman–Crippen MR) is 176 cm³/mol. The lowest BCUT2D eigenvalue weighted by molar-refractivity contribution is -0.689. The number of ether oxygens (including phenoxy) is 1. The van der Waals surface area contributed by atoms with Gasteiger partial charge in [0.2, 0.25) is 5.91 Å². The van der Waals surface area contributed by atoms with E-state index in [2.05, 4.69) is 20.8 Å². The van der Waals surface area contributed by atoms with Gasteiger partial charge in [-0.1, -0.05) is 12.1 Å². The molecule has 0 aliphatic carbocycles. The quantitative estimate of drug-likeness (QED) is 0.0803. The summed E-state index contributed by atoms with van der Waals surface area (Å²) in [6, 6.07) is 2.61. The zero-order valence-corrected chi connectivity index (χ0v) is 28.6. The number of nitrogens with two attached hydrogens (primary N) is 2. The Morgan fingerprint density at radius 3 is 2.54 bits per heavy atom. The van der Waals surface area contributed by atoms with Crippen LogP contribution in [0.25, 0.3) is 0 Å². The van der Waals surface area contributed by atoms with Crippen molar-refractivity contribution in [2.75, 3.05) is 18.0 Å². The summed E-state index contributed by atoms with van der Waals surface area (Å²) in [6.45, 7) is 7.28. The van der Waals surface area contributed by atoms with Gasteiger partial charge >= 0.3 is 12.1 Å². The molecule has 2 aliphatic heterocycles. The monoisotopic (exact) mass is 703 g/mol. The van der Waals surface area contributed by atoms with E-state index < -0.39 is 52.9 Å². The molecule has 4 rings (SSSR count). The number of hydrogen-bond donors (Lipinski definition) is 5. The highest BCUT2D eigenvalue weighted by Crippen LogP contribution is 2.40. The van der Waals surface area contributed by atoms with E-state index in [9.17, 15) is 29.1 Å². The summed E-state index contributed by atoms with van der Waals surface area (Å²) < 4.78 is 7.03. The molecule has 0 bridgehead atoms. The normalized spacial score (nSPS) is 18.4. The van der Waals surface area contributed by atoms with E-state index in [1.165, 1.54) is 22.0 Å². The minimum absolute atomic E-state index is 0.0438. The number of nitrogens with zero attached hydrogens (tertiary/aromatic N) is 4. The van der Waals surface area contributed by atoms with Crippen LogP contribution in [0.3, 0.4) is 0 Å². The third-order valence-corrected chi connectivity index (χ3v) is 9.14. The van der Waals surface area contributed by atoms with Crippen molar-refractivity contribution in [2.45, 2.75) is 76.6 Å². The number of primary amides is 1. The summed E-state index contributed by atoms with van der Waals surface area (Å²) in [5, 5.41) is 20.4. The Morgan fingerprint density at radius 1 is 1.25 bits per heavy atom. The minimum Gasteiger partial charge on any atom is -0.477 e. The number of amides is 4. The second-order valence-corrected chi connectivity index (χ2v) is 14.0. The van der Waals surface area contributed by atoms with Crippen molar-refractivity contribution in [1.82, 2.24) is 20.5 Å². The van der Waals surface area contributed by atoms with Gasteiger partial charge in [-0.05, 0) is 39.2 Å². The summed E-state index contributed by atoms with van der Waals surface area (Å²) in [5.74, 6) is -2.72. The van der Waals surface area contributed by atoms with Crippen LogP contribution in [-0.4, -0.2) is 85.9 Å². The van der Waals surface area contributed by atoms with Gasteiger partial charge in [0.1, 0.15) is 34.5 Å². The Kier molecular flexibility index (Phi) is 11.6. The van der Waals surface area contributed by atoms with Gasteiger partial charge in [-0.15, -0.1) is 23.1 Å². The molecule has 16 nitrogen and oxygen atoms in total. The number of thiazole rings is 1. The minimum atomic E-state index is -1.26. The van der Waals surface area contributed by atoms with Crippen molar-refractivity contribution in [3.05, 3.63) is 52.4 Å². The number of aryl methyl sites for hydroxylation is 1. The lowest BCUT2D eigenvalue weighted by Crippen LogP contribution is -2.71. The smallest absolute Gasteiger partial charge is 0.407 e. The summed E-state index contributed by atoms with van der Waals surface area (Å²) in [5.41, 5.74) is 11.5. The molecule has 258 valence electrons. The van der Waals surface area contributed by atoms with E-state index in [0.717, 1.165) is 16.9 Å². The largest absolute Gasteiger partial charge is 0.477 e. The van der Waals surface area contributed by atoms with Crippen LogP contribution in [0.4, 0.5) is 9.93 Å². The molecule has 2 aliphatic rings. The molecule has 7 N–H and O–H groups in total. The third kappa shape index (κ3) is 9.21. The van der Waals surface area contributed by atoms with E-state index in [0.29, 0.717) is 24.2 Å². The molecular weight excluding hydrogens is 665 g/mol. The maximum atomic E-state index is 13.5. The fourth-order valence-electron chi connectivity index (χ4n) is 4.76. The first-order valence-corrected chi connectivity index (χ1v) is 17.0. The fourth-order valence-corrected chi connectivity index (χ4v) is 6.64. The number of pyridine rings is 1. The first kappa shape index (κ1) is 36.1. The van der Waals surface area contributed by atoms with Crippen LogP contribution in [0.5, 0.6) is 0 Å². The molecule has 4 amide bonds. The molecule has 1 saturated heterocycles. The number of alkyl carbamates (subject to hydrolysis) is 1. The van der Waals surface area contributed by atoms with Crippen LogP contribution >= 0.6 is 23.1 Å². The van der Waals surface area contributed by atoms with Crippen molar-refractivity contribution >= 4 is 63.7 Å². The molecule has 0 spiro atoms. The van der Waals surface area contributed by atoms with Gasteiger partial charge in [0.05, 0.1) is 6.54 Å². The number of thioether (sulfide) groups is 1. The number of carbonyl (C=O) groups excluding carboxylic acids is 4. The summed E-state index contributed by atoms with van der Waals surface area (Å²) in [7, 11) is 0. The zero-order chi connectivity index (χ0) is 35.2. The average Bonchev–Trinajstić information content (AvgIpc) is 3.45. The van der Waals surface area contributed by atoms with E-state index in [-0.39, 0.29) is 41.7 Å². The fraction of sp³-hybridized carbons (Fsp3) is 0.467. The highest BCUT2D eigenvalue weighted by atomic mass is 32.2. The number of rotatable bonds is 14. The number of aromatic nitrogens is 2. The number of fused-ring (bicyclic) bond motifs is 1. The molecule has 2 aromatic rings. The average molecular weight is 704 g/mol. The molecular formula is C30H39N8O8S2+. The molecule has 0 saturated carbocycles. The molecule has 0 radical (unpaired) electrons. The Balaban J connectivity index is 1.45. The molecule has 2 unspecified atom stereocenters. The Morgan fingerprint density at radius 2 is 1.96 bits per heavy atom. The van der Waals surface area contributed by atoms with Gasteiger partial charge in [-0.3, -0.25) is 19.3 Å². The summed E-state index contributed by atoms with van der Waals surface area (Å²) in [4.78, 5) is 73.3. The maximum Gasteiger partial charge on any atom is 0.407 e. The summed E-state index contributed by atoms with van der Waals surface area (Å²) >= 11 is 2.41. The van der Waals surface area contributed by atoms with E-state index >= 15 is 0 Å². The van der Waals surface area contributed by atoms with Crippen molar-refractivity contribution in [2.24, 2.45) is 10.9 Å². The molecule has 1 fully saturated rings. The van der Waals surface area contributed by atoms with Crippen molar-refractivity contribution < 1.29 is 43.2 Å². The zero-order valence-electron chi connectivity index (χ0n) is 26.9. The van der Waals surface area contributed by atoms with Crippen molar-refractivity contribution in [3.8, 4) is 0 Å². The van der Waals surface area contributed by atoms with Crippen LogP contribution in [-0.2, 0) is 41.7 Å². The first-order valence-electron chi connectivity index (χ1n) is 15.1.